The molecule has 3 aliphatic heterocycles. The second kappa shape index (κ2) is 7.22. The average Bonchev–Trinajstić information content (AvgIpc) is 3.02. The predicted molar refractivity (Wildman–Crippen MR) is 79.3 cm³/mol. The Morgan fingerprint density at radius 2 is 1.55 bits per heavy atom. The van der Waals surface area contributed by atoms with Crippen molar-refractivity contribution >= 4 is 0 Å². The number of piperazine rings is 1. The van der Waals surface area contributed by atoms with Crippen LogP contribution in [0.25, 0.3) is 0 Å². The molecule has 0 saturated carbocycles. The van der Waals surface area contributed by atoms with E-state index in [1.54, 1.807) is 0 Å². The fraction of sp³-hybridized carbons (Fsp3) is 1.00. The third-order valence-electron chi connectivity index (χ3n) is 5.14. The molecular formula is C15H30IN4-. The SMILES string of the molecule is CN1CCC[C@H]1CN1CCN([I-][C@@H]2CCCN2C)CC1. The van der Waals surface area contributed by atoms with Crippen molar-refractivity contribution in [2.24, 2.45) is 0 Å². The van der Waals surface area contributed by atoms with Crippen molar-refractivity contribution in [1.82, 2.24) is 17.8 Å². The molecule has 4 nitrogen and oxygen atoms in total. The van der Waals surface area contributed by atoms with Gasteiger partial charge >= 0.3 is 135 Å². The van der Waals surface area contributed by atoms with Crippen LogP contribution >= 0.6 is 0 Å². The number of rotatable bonds is 4. The minimum absolute atomic E-state index is 0.237. The molecule has 0 amide bonds. The van der Waals surface area contributed by atoms with Crippen LogP contribution in [0.3, 0.4) is 0 Å². The fourth-order valence-electron chi connectivity index (χ4n) is 3.66. The molecule has 3 saturated heterocycles. The Morgan fingerprint density at radius 1 is 0.850 bits per heavy atom. The zero-order valence-electron chi connectivity index (χ0n) is 13.1. The van der Waals surface area contributed by atoms with E-state index in [1.807, 2.05) is 0 Å². The van der Waals surface area contributed by atoms with E-state index in [9.17, 15) is 0 Å². The molecule has 0 bridgehead atoms. The Kier molecular flexibility index (Phi) is 5.58. The molecule has 0 aromatic carbocycles. The number of likely N-dealkylation sites (tertiary alicyclic amines) is 2. The van der Waals surface area contributed by atoms with Crippen LogP contribution in [0.15, 0.2) is 0 Å². The van der Waals surface area contributed by atoms with Crippen LogP contribution in [-0.2, 0) is 0 Å². The van der Waals surface area contributed by atoms with Crippen LogP contribution in [0, 0.1) is 0 Å². The first-order valence-corrected chi connectivity index (χ1v) is 10.4. The average molecular weight is 393 g/mol. The van der Waals surface area contributed by atoms with Gasteiger partial charge in [0.1, 0.15) is 0 Å². The first-order chi connectivity index (χ1) is 9.72. The zero-order valence-corrected chi connectivity index (χ0v) is 15.3. The van der Waals surface area contributed by atoms with Gasteiger partial charge in [-0.25, -0.2) is 0 Å². The Balaban J connectivity index is 1.38. The summed E-state index contributed by atoms with van der Waals surface area (Å²) in [4.78, 5) is 7.88. The molecule has 3 rings (SSSR count). The van der Waals surface area contributed by atoms with Crippen LogP contribution < -0.4 is 21.5 Å². The number of hydrogen-bond acceptors (Lipinski definition) is 4. The summed E-state index contributed by atoms with van der Waals surface area (Å²) in [5, 5.41) is 0. The van der Waals surface area contributed by atoms with Gasteiger partial charge in [0.05, 0.1) is 0 Å². The predicted octanol–water partition coefficient (Wildman–Crippen LogP) is -2.25. The summed E-state index contributed by atoms with van der Waals surface area (Å²) in [6.45, 7) is 9.22. The van der Waals surface area contributed by atoms with Crippen LogP contribution in [-0.4, -0.2) is 87.8 Å². The van der Waals surface area contributed by atoms with E-state index in [1.165, 1.54) is 71.5 Å². The van der Waals surface area contributed by atoms with Gasteiger partial charge in [-0.05, 0) is 0 Å². The molecule has 3 fully saturated rings. The van der Waals surface area contributed by atoms with E-state index in [0.717, 1.165) is 10.1 Å². The third kappa shape index (κ3) is 3.85. The molecule has 3 aliphatic rings. The van der Waals surface area contributed by atoms with Crippen LogP contribution in [0.1, 0.15) is 25.7 Å². The molecule has 0 aromatic rings. The Hall–Kier alpha value is 0.570. The molecule has 0 spiro atoms. The molecule has 0 aromatic heterocycles. The molecule has 2 atom stereocenters. The monoisotopic (exact) mass is 393 g/mol. The third-order valence-corrected chi connectivity index (χ3v) is 9.11. The topological polar surface area (TPSA) is 13.0 Å². The number of hydrogen-bond donors (Lipinski definition) is 0. The second-order valence-corrected chi connectivity index (χ2v) is 10.0. The summed E-state index contributed by atoms with van der Waals surface area (Å²) >= 11 is 0.237. The van der Waals surface area contributed by atoms with Gasteiger partial charge in [0, 0.05) is 0 Å². The van der Waals surface area contributed by atoms with Crippen molar-refractivity contribution in [2.75, 3.05) is 59.9 Å². The minimum atomic E-state index is 0.237. The molecule has 3 heterocycles. The van der Waals surface area contributed by atoms with E-state index in [2.05, 4.69) is 31.9 Å². The molecule has 118 valence electrons. The van der Waals surface area contributed by atoms with Crippen molar-refractivity contribution in [2.45, 2.75) is 35.8 Å². The number of alkyl halides is 1. The maximum atomic E-state index is 2.81. The van der Waals surface area contributed by atoms with E-state index in [-0.39, 0.29) is 21.5 Å². The van der Waals surface area contributed by atoms with E-state index >= 15 is 0 Å². The molecule has 0 radical (unpaired) electrons. The van der Waals surface area contributed by atoms with Crippen molar-refractivity contribution in [3.05, 3.63) is 0 Å². The standard InChI is InChI=1S/C15H30IN4/c1-17-7-3-5-14(17)13-19-9-11-20(12-10-19)16-15-6-4-8-18(15)2/h14-15H,3-13H2,1-2H3/q-1/t14-,15-/m0/s1. The van der Waals surface area contributed by atoms with Crippen molar-refractivity contribution < 1.29 is 21.5 Å². The van der Waals surface area contributed by atoms with Gasteiger partial charge in [-0.15, -0.1) is 0 Å². The Morgan fingerprint density at radius 3 is 2.15 bits per heavy atom. The quantitative estimate of drug-likeness (QED) is 0.232. The van der Waals surface area contributed by atoms with Crippen LogP contribution in [0.4, 0.5) is 0 Å². The van der Waals surface area contributed by atoms with Crippen molar-refractivity contribution in [3.63, 3.8) is 0 Å². The van der Waals surface area contributed by atoms with Crippen molar-refractivity contribution in [3.8, 4) is 0 Å². The van der Waals surface area contributed by atoms with Crippen LogP contribution in [0.5, 0.6) is 0 Å². The summed E-state index contributed by atoms with van der Waals surface area (Å²) in [6.07, 6.45) is 5.70. The molecule has 20 heavy (non-hydrogen) atoms. The summed E-state index contributed by atoms with van der Waals surface area (Å²) in [6, 6.07) is 0.831. The first kappa shape index (κ1) is 15.5. The summed E-state index contributed by atoms with van der Waals surface area (Å²) in [7, 11) is 4.62. The van der Waals surface area contributed by atoms with Gasteiger partial charge in [0.25, 0.3) is 0 Å². The van der Waals surface area contributed by atoms with Crippen molar-refractivity contribution in [1.29, 1.82) is 0 Å². The summed E-state index contributed by atoms with van der Waals surface area (Å²) < 4.78 is 3.74. The van der Waals surface area contributed by atoms with E-state index < -0.39 is 0 Å². The summed E-state index contributed by atoms with van der Waals surface area (Å²) in [5.41, 5.74) is 0. The summed E-state index contributed by atoms with van der Waals surface area (Å²) in [5.74, 6) is 0. The van der Waals surface area contributed by atoms with Crippen LogP contribution in [0.2, 0.25) is 0 Å². The molecule has 0 N–H and O–H groups in total. The molecular weight excluding hydrogens is 363 g/mol. The number of nitrogens with zero attached hydrogens (tertiary/aromatic N) is 4. The Labute approximate surface area is 135 Å². The number of likely N-dealkylation sites (N-methyl/N-ethyl adjacent to an activating group) is 1. The number of halogens is 1. The van der Waals surface area contributed by atoms with Gasteiger partial charge in [0.2, 0.25) is 0 Å². The maximum absolute atomic E-state index is 2.81. The van der Waals surface area contributed by atoms with Gasteiger partial charge in [-0.3, -0.25) is 0 Å². The first-order valence-electron chi connectivity index (χ1n) is 8.24. The van der Waals surface area contributed by atoms with E-state index in [4.69, 9.17) is 0 Å². The molecule has 0 aliphatic carbocycles. The van der Waals surface area contributed by atoms with Gasteiger partial charge in [-0.1, -0.05) is 0 Å². The van der Waals surface area contributed by atoms with Gasteiger partial charge < -0.3 is 0 Å². The normalized spacial score (nSPS) is 35.3. The second-order valence-electron chi connectivity index (χ2n) is 6.64. The molecule has 5 heteroatoms. The van der Waals surface area contributed by atoms with Gasteiger partial charge in [0.15, 0.2) is 0 Å². The molecule has 0 unspecified atom stereocenters. The fourth-order valence-corrected chi connectivity index (χ4v) is 6.98. The van der Waals surface area contributed by atoms with Gasteiger partial charge in [-0.2, -0.15) is 0 Å². The Bertz CT molecular complexity index is 276. The zero-order chi connectivity index (χ0) is 13.9. The van der Waals surface area contributed by atoms with E-state index in [0.29, 0.717) is 0 Å².